The molecule has 0 radical (unpaired) electrons. The van der Waals surface area contributed by atoms with Crippen molar-refractivity contribution in [3.63, 3.8) is 0 Å². The number of carboxylic acids is 3. The maximum atomic E-state index is 15.2. The van der Waals surface area contributed by atoms with Crippen LogP contribution in [0.2, 0.25) is 0 Å². The van der Waals surface area contributed by atoms with E-state index in [1.54, 1.807) is 17.2 Å². The summed E-state index contributed by atoms with van der Waals surface area (Å²) in [5.74, 6) is -7.71. The van der Waals surface area contributed by atoms with E-state index in [9.17, 15) is 43.1 Å². The van der Waals surface area contributed by atoms with Crippen molar-refractivity contribution in [2.45, 2.75) is 83.2 Å². The van der Waals surface area contributed by atoms with Crippen molar-refractivity contribution in [2.75, 3.05) is 89.7 Å². The Morgan fingerprint density at radius 1 is 0.773 bits per heavy atom. The second-order valence-electron chi connectivity index (χ2n) is 18.6. The van der Waals surface area contributed by atoms with Crippen LogP contribution in [-0.4, -0.2) is 167 Å². The molecule has 8 N–H and O–H groups in total. The topological polar surface area (TPSA) is 289 Å². The van der Waals surface area contributed by atoms with Gasteiger partial charge in [-0.05, 0) is 54.6 Å². The van der Waals surface area contributed by atoms with Crippen molar-refractivity contribution in [1.82, 2.24) is 14.8 Å². The standard InChI is InChI=1S/C52H73F2N5O14S2/c1-52(2,3)48(44-26-36(41-27-38(53)12-13-42(41)54)31-58(44)30-35-9-5-4-6-10-35)59(16-8-15-55)46(62)34-74-32-37(50(66)67)25-39(60)14-18-71-20-22-73-24-23-72-21-19-70-17-7-11-40(61)29-57-49(65)45(28-47(63)64)75-33-43(56)51(68)69/h4-6,9-10,12-13,26-27,31,37,43,45,48H,7-8,11,14-25,28-30,32-34,55-56H2,1-3H3,(H,57,65)(H,63,64)(H,66,67)(H,68,69)/t37-,43-,45?,48-/m0/s1. The van der Waals surface area contributed by atoms with Gasteiger partial charge in [0, 0.05) is 73.5 Å². The molecule has 0 saturated heterocycles. The van der Waals surface area contributed by atoms with Gasteiger partial charge in [-0.25, -0.2) is 8.78 Å². The lowest BCUT2D eigenvalue weighted by Gasteiger charge is -2.41. The van der Waals surface area contributed by atoms with Crippen molar-refractivity contribution in [1.29, 1.82) is 0 Å². The second kappa shape index (κ2) is 34.4. The van der Waals surface area contributed by atoms with Gasteiger partial charge in [0.25, 0.3) is 0 Å². The molecule has 3 aromatic rings. The molecule has 0 aliphatic rings. The van der Waals surface area contributed by atoms with Crippen molar-refractivity contribution in [3.8, 4) is 11.1 Å². The Kier molecular flexibility index (Phi) is 29.4. The summed E-state index contributed by atoms with van der Waals surface area (Å²) in [5.41, 5.74) is 13.0. The number of Topliss-reactive ketones (excluding diaryl/α,β-unsaturated/α-hetero) is 2. The van der Waals surface area contributed by atoms with E-state index >= 15 is 4.39 Å². The van der Waals surface area contributed by atoms with E-state index in [4.69, 9.17) is 40.6 Å². The third-order valence-corrected chi connectivity index (χ3v) is 13.8. The lowest BCUT2D eigenvalue weighted by atomic mass is 9.83. The lowest BCUT2D eigenvalue weighted by Crippen LogP contribution is -2.44. The molecule has 4 atom stereocenters. The zero-order valence-electron chi connectivity index (χ0n) is 42.9. The molecule has 75 heavy (non-hydrogen) atoms. The Balaban J connectivity index is 1.36. The van der Waals surface area contributed by atoms with Gasteiger partial charge in [0.15, 0.2) is 5.78 Å². The van der Waals surface area contributed by atoms with E-state index in [2.05, 4.69) is 5.32 Å². The fourth-order valence-electron chi connectivity index (χ4n) is 7.62. The third-order valence-electron chi connectivity index (χ3n) is 11.4. The van der Waals surface area contributed by atoms with E-state index in [1.165, 1.54) is 0 Å². The SMILES string of the molecule is CC(C)(C)[C@H](c1cc(-c2cc(F)ccc2F)cn1Cc1ccccc1)N(CCCN)C(=O)CSC[C@H](CC(=O)CCOCCOCCOCCOCCCC(=O)CNC(=O)C(CC(=O)O)SC[C@H](N)C(=O)O)C(=O)O. The average Bonchev–Trinajstić information content (AvgIpc) is 3.76. The average molecular weight is 1090 g/mol. The molecule has 19 nitrogen and oxygen atoms in total. The van der Waals surface area contributed by atoms with Gasteiger partial charge in [0.2, 0.25) is 11.8 Å². The number of carboxylic acid groups (broad SMARTS) is 3. The molecule has 0 spiro atoms. The number of carbonyl (C=O) groups excluding carboxylic acids is 4. The summed E-state index contributed by atoms with van der Waals surface area (Å²) in [6.07, 6.45) is 1.93. The van der Waals surface area contributed by atoms with Gasteiger partial charge in [-0.1, -0.05) is 51.1 Å². The van der Waals surface area contributed by atoms with Crippen molar-refractivity contribution < 1.29 is 76.6 Å². The van der Waals surface area contributed by atoms with Gasteiger partial charge in [0.05, 0.1) is 82.2 Å². The number of amides is 2. The largest absolute Gasteiger partial charge is 0.481 e. The minimum Gasteiger partial charge on any atom is -0.481 e. The van der Waals surface area contributed by atoms with Crippen LogP contribution in [0.4, 0.5) is 8.78 Å². The Labute approximate surface area is 445 Å². The van der Waals surface area contributed by atoms with Crippen molar-refractivity contribution in [2.24, 2.45) is 22.8 Å². The number of rotatable bonds is 40. The molecule has 2 aromatic carbocycles. The summed E-state index contributed by atoms with van der Waals surface area (Å²) in [4.78, 5) is 87.7. The minimum absolute atomic E-state index is 0.00669. The number of ketones is 2. The predicted octanol–water partition coefficient (Wildman–Crippen LogP) is 5.05. The summed E-state index contributed by atoms with van der Waals surface area (Å²) in [6, 6.07) is 12.9. The minimum atomic E-state index is -1.28. The fraction of sp³-hybridized carbons (Fsp3) is 0.558. The van der Waals surface area contributed by atoms with Crippen LogP contribution in [0.15, 0.2) is 60.8 Å². The fourth-order valence-corrected chi connectivity index (χ4v) is 9.70. The van der Waals surface area contributed by atoms with Gasteiger partial charge in [-0.15, -0.1) is 11.8 Å². The number of aromatic nitrogens is 1. The molecular formula is C52H73F2N5O14S2. The molecule has 23 heteroatoms. The number of halogens is 2. The van der Waals surface area contributed by atoms with Crippen LogP contribution in [0, 0.1) is 23.0 Å². The monoisotopic (exact) mass is 1090 g/mol. The Hall–Kier alpha value is -5.27. The number of ether oxygens (including phenoxy) is 4. The summed E-state index contributed by atoms with van der Waals surface area (Å²) in [5, 5.41) is 29.3. The first-order valence-electron chi connectivity index (χ1n) is 24.6. The molecule has 0 fully saturated rings. The zero-order chi connectivity index (χ0) is 55.3. The summed E-state index contributed by atoms with van der Waals surface area (Å²) in [6.45, 7) is 8.47. The number of carbonyl (C=O) groups is 7. The molecule has 0 aliphatic heterocycles. The highest BCUT2D eigenvalue weighted by Crippen LogP contribution is 2.41. The smallest absolute Gasteiger partial charge is 0.321 e. The number of hydrogen-bond acceptors (Lipinski definition) is 15. The molecule has 1 heterocycles. The lowest BCUT2D eigenvalue weighted by molar-refractivity contribution is -0.143. The number of nitrogens with zero attached hydrogens (tertiary/aromatic N) is 2. The Morgan fingerprint density at radius 3 is 2.01 bits per heavy atom. The molecule has 0 aliphatic carbocycles. The highest BCUT2D eigenvalue weighted by atomic mass is 32.2. The first-order valence-corrected chi connectivity index (χ1v) is 26.8. The Morgan fingerprint density at radius 2 is 1.41 bits per heavy atom. The third kappa shape index (κ3) is 24.5. The summed E-state index contributed by atoms with van der Waals surface area (Å²) >= 11 is 1.92. The highest BCUT2D eigenvalue weighted by Gasteiger charge is 2.37. The normalized spacial score (nSPS) is 13.2. The molecule has 0 saturated carbocycles. The number of thioether (sulfide) groups is 2. The first-order chi connectivity index (χ1) is 35.7. The van der Waals surface area contributed by atoms with E-state index in [0.29, 0.717) is 37.2 Å². The summed E-state index contributed by atoms with van der Waals surface area (Å²) < 4.78 is 53.5. The van der Waals surface area contributed by atoms with Crippen molar-refractivity contribution in [3.05, 3.63) is 83.7 Å². The Bertz CT molecular complexity index is 2290. The molecule has 1 aromatic heterocycles. The molecule has 2 amide bonds. The van der Waals surface area contributed by atoms with Gasteiger partial charge in [-0.3, -0.25) is 33.6 Å². The second-order valence-corrected chi connectivity index (χ2v) is 20.9. The number of nitrogens with one attached hydrogen (secondary N) is 1. The first kappa shape index (κ1) is 64.0. The molecule has 1 unspecified atom stereocenters. The molecule has 416 valence electrons. The number of nitrogens with two attached hydrogens (primary N) is 2. The quantitative estimate of drug-likeness (QED) is 0.0406. The molecule has 0 bridgehead atoms. The van der Waals surface area contributed by atoms with Gasteiger partial charge < -0.3 is 60.5 Å². The summed E-state index contributed by atoms with van der Waals surface area (Å²) in [7, 11) is 0. The predicted molar refractivity (Wildman–Crippen MR) is 280 cm³/mol. The van der Waals surface area contributed by atoms with Crippen LogP contribution < -0.4 is 16.8 Å². The van der Waals surface area contributed by atoms with Crippen LogP contribution >= 0.6 is 23.5 Å². The van der Waals surface area contributed by atoms with Gasteiger partial charge >= 0.3 is 17.9 Å². The van der Waals surface area contributed by atoms with E-state index in [-0.39, 0.29) is 126 Å². The van der Waals surface area contributed by atoms with Gasteiger partial charge in [-0.2, -0.15) is 11.8 Å². The molecular weight excluding hydrogens is 1020 g/mol. The number of aliphatic carboxylic acids is 3. The van der Waals surface area contributed by atoms with Crippen LogP contribution in [0.3, 0.4) is 0 Å². The van der Waals surface area contributed by atoms with Gasteiger partial charge in [0.1, 0.15) is 23.5 Å². The highest BCUT2D eigenvalue weighted by molar-refractivity contribution is 8.00. The van der Waals surface area contributed by atoms with E-state index in [0.717, 1.165) is 47.3 Å². The number of hydrogen-bond donors (Lipinski definition) is 6. The number of benzene rings is 2. The van der Waals surface area contributed by atoms with Crippen LogP contribution in [0.1, 0.15) is 76.6 Å². The maximum Gasteiger partial charge on any atom is 0.321 e. The molecule has 3 rings (SSSR count). The zero-order valence-corrected chi connectivity index (χ0v) is 44.5. The van der Waals surface area contributed by atoms with Crippen LogP contribution in [0.5, 0.6) is 0 Å². The van der Waals surface area contributed by atoms with Crippen molar-refractivity contribution >= 4 is 64.8 Å². The van der Waals surface area contributed by atoms with E-state index in [1.807, 2.05) is 55.7 Å². The van der Waals surface area contributed by atoms with E-state index < -0.39 is 70.5 Å². The van der Waals surface area contributed by atoms with Crippen LogP contribution in [-0.2, 0) is 59.1 Å². The maximum absolute atomic E-state index is 15.2. The van der Waals surface area contributed by atoms with Crippen LogP contribution in [0.25, 0.3) is 11.1 Å².